The van der Waals surface area contributed by atoms with Gasteiger partial charge in [0.1, 0.15) is 11.9 Å². The van der Waals surface area contributed by atoms with Gasteiger partial charge in [-0.15, -0.1) is 0 Å². The predicted octanol–water partition coefficient (Wildman–Crippen LogP) is 6.05. The number of nitrogens with zero attached hydrogens (tertiary/aromatic N) is 7. The average molecular weight is 1070 g/mol. The lowest BCUT2D eigenvalue weighted by atomic mass is 9.83. The van der Waals surface area contributed by atoms with Crippen molar-refractivity contribution in [2.24, 2.45) is 17.8 Å². The molecule has 5 heterocycles. The number of fused-ring (bicyclic) bond motifs is 1. The summed E-state index contributed by atoms with van der Waals surface area (Å²) in [7, 11) is 0. The van der Waals surface area contributed by atoms with Crippen LogP contribution in [0.2, 0.25) is 0 Å². The third-order valence-electron chi connectivity index (χ3n) is 18.1. The fourth-order valence-corrected chi connectivity index (χ4v) is 13.4. The van der Waals surface area contributed by atoms with Crippen molar-refractivity contribution >= 4 is 40.3 Å². The Morgan fingerprint density at radius 1 is 0.641 bits per heavy atom. The van der Waals surface area contributed by atoms with Gasteiger partial charge in [-0.05, 0) is 130 Å². The minimum atomic E-state index is -0.604. The Labute approximate surface area is 458 Å². The molecule has 4 aromatic rings. The molecule has 5 amide bonds. The molecule has 10 rings (SSSR count). The third-order valence-corrected chi connectivity index (χ3v) is 18.1. The maximum absolute atomic E-state index is 15.2. The Morgan fingerprint density at radius 3 is 2.10 bits per heavy atom. The second-order valence-corrected chi connectivity index (χ2v) is 23.3. The molecule has 2 saturated carbocycles. The number of nitrogens with one attached hydrogen (secondary N) is 3. The van der Waals surface area contributed by atoms with E-state index in [0.717, 1.165) is 109 Å². The molecule has 6 fully saturated rings. The maximum Gasteiger partial charge on any atom is 0.272 e. The molecule has 16 nitrogen and oxygen atoms in total. The second-order valence-electron chi connectivity index (χ2n) is 23.3. The summed E-state index contributed by atoms with van der Waals surface area (Å²) >= 11 is 0. The molecule has 78 heavy (non-hydrogen) atoms. The lowest BCUT2D eigenvalue weighted by molar-refractivity contribution is -0.137. The van der Waals surface area contributed by atoms with Crippen molar-refractivity contribution in [1.82, 2.24) is 50.2 Å². The van der Waals surface area contributed by atoms with E-state index < -0.39 is 17.8 Å². The fourth-order valence-electron chi connectivity index (χ4n) is 13.4. The van der Waals surface area contributed by atoms with Crippen molar-refractivity contribution in [3.8, 4) is 0 Å². The zero-order valence-corrected chi connectivity index (χ0v) is 45.6. The maximum atomic E-state index is 15.2. The molecule has 3 N–H and O–H groups in total. The zero-order valence-electron chi connectivity index (χ0n) is 45.6. The first kappa shape index (κ1) is 55.3. The second kappa shape index (κ2) is 26.3. The number of benzene rings is 3. The fraction of sp³-hybridized carbons (Fsp3) is 0.590. The van der Waals surface area contributed by atoms with Crippen LogP contribution in [-0.2, 0) is 20.8 Å². The SMILES string of the molecule is O=C(N[C@@H](C(=O)N1CCN(CC2CCN(CC(=O)N3CCN(C(=O)c4cc(Cc5n[nH]c(=O)c6ccccc56)ccc4F)CC3)CC2)CC1)C1CCCCC1)c1cccc(C2CCCN(C(=O)CNCC3CCCCC3)C2)c1. The highest BCUT2D eigenvalue weighted by molar-refractivity contribution is 5.98. The van der Waals surface area contributed by atoms with E-state index in [9.17, 15) is 28.8 Å². The number of amides is 5. The molecule has 418 valence electrons. The summed E-state index contributed by atoms with van der Waals surface area (Å²) in [5.41, 5.74) is 2.66. The first-order valence-corrected chi connectivity index (χ1v) is 29.5. The van der Waals surface area contributed by atoms with E-state index in [1.54, 1.807) is 29.2 Å². The van der Waals surface area contributed by atoms with Gasteiger partial charge in [0.05, 0.1) is 29.7 Å². The van der Waals surface area contributed by atoms with Crippen LogP contribution >= 0.6 is 0 Å². The van der Waals surface area contributed by atoms with Gasteiger partial charge in [-0.1, -0.05) is 74.9 Å². The Morgan fingerprint density at radius 2 is 1.35 bits per heavy atom. The Hall–Kier alpha value is -6.04. The van der Waals surface area contributed by atoms with Gasteiger partial charge >= 0.3 is 0 Å². The van der Waals surface area contributed by atoms with Crippen molar-refractivity contribution in [2.75, 3.05) is 105 Å². The number of carbonyl (C=O) groups excluding carboxylic acids is 5. The smallest absolute Gasteiger partial charge is 0.272 e. The van der Waals surface area contributed by atoms with Crippen LogP contribution in [-0.4, -0.2) is 180 Å². The van der Waals surface area contributed by atoms with Crippen LogP contribution in [0.5, 0.6) is 0 Å². The Balaban J connectivity index is 0.648. The molecule has 0 spiro atoms. The number of aromatic nitrogens is 2. The van der Waals surface area contributed by atoms with E-state index in [1.807, 2.05) is 45.0 Å². The monoisotopic (exact) mass is 1070 g/mol. The van der Waals surface area contributed by atoms with Gasteiger partial charge in [0.25, 0.3) is 17.4 Å². The molecule has 2 atom stereocenters. The molecule has 0 radical (unpaired) electrons. The van der Waals surface area contributed by atoms with Gasteiger partial charge in [0, 0.05) is 95.3 Å². The molecule has 0 bridgehead atoms. The summed E-state index contributed by atoms with van der Waals surface area (Å²) in [4.78, 5) is 93.4. The average Bonchev–Trinajstić information content (AvgIpc) is 3.50. The van der Waals surface area contributed by atoms with Crippen LogP contribution in [0.1, 0.15) is 133 Å². The highest BCUT2D eigenvalue weighted by Crippen LogP contribution is 2.31. The summed E-state index contributed by atoms with van der Waals surface area (Å²) < 4.78 is 15.2. The van der Waals surface area contributed by atoms with E-state index in [-0.39, 0.29) is 46.6 Å². The highest BCUT2D eigenvalue weighted by atomic mass is 19.1. The van der Waals surface area contributed by atoms with Crippen molar-refractivity contribution in [2.45, 2.75) is 108 Å². The number of likely N-dealkylation sites (tertiary alicyclic amines) is 2. The molecule has 17 heteroatoms. The third kappa shape index (κ3) is 13.9. The number of hydrogen-bond acceptors (Lipinski definition) is 10. The number of rotatable bonds is 16. The molecule has 3 aromatic carbocycles. The van der Waals surface area contributed by atoms with Crippen molar-refractivity contribution < 1.29 is 28.4 Å². The first-order valence-electron chi connectivity index (χ1n) is 29.5. The molecule has 4 saturated heterocycles. The molecule has 4 aliphatic heterocycles. The van der Waals surface area contributed by atoms with Crippen molar-refractivity contribution in [3.63, 3.8) is 0 Å². The summed E-state index contributed by atoms with van der Waals surface area (Å²) in [5, 5.41) is 14.7. The van der Waals surface area contributed by atoms with E-state index in [2.05, 4.69) is 36.7 Å². The zero-order chi connectivity index (χ0) is 54.0. The van der Waals surface area contributed by atoms with Crippen LogP contribution in [0.4, 0.5) is 4.39 Å². The van der Waals surface area contributed by atoms with Gasteiger partial charge in [0.2, 0.25) is 17.7 Å². The van der Waals surface area contributed by atoms with Gasteiger partial charge in [-0.25, -0.2) is 9.49 Å². The summed E-state index contributed by atoms with van der Waals surface area (Å²) in [6, 6.07) is 19.0. The van der Waals surface area contributed by atoms with Crippen LogP contribution in [0.3, 0.4) is 0 Å². The number of piperidine rings is 2. The Kier molecular flexibility index (Phi) is 18.6. The largest absolute Gasteiger partial charge is 0.341 e. The Bertz CT molecular complexity index is 2790. The predicted molar refractivity (Wildman–Crippen MR) is 299 cm³/mol. The van der Waals surface area contributed by atoms with Gasteiger partial charge in [-0.2, -0.15) is 5.10 Å². The van der Waals surface area contributed by atoms with E-state index in [0.29, 0.717) is 105 Å². The number of halogens is 1. The molecular formula is C61H81FN10O6. The van der Waals surface area contributed by atoms with Gasteiger partial charge in [0.15, 0.2) is 0 Å². The first-order chi connectivity index (χ1) is 38.0. The lowest BCUT2D eigenvalue weighted by Gasteiger charge is -2.41. The topological polar surface area (TPSA) is 175 Å². The molecule has 1 unspecified atom stereocenters. The van der Waals surface area contributed by atoms with Crippen LogP contribution in [0, 0.1) is 23.6 Å². The molecule has 2 aliphatic carbocycles. The van der Waals surface area contributed by atoms with Crippen molar-refractivity contribution in [1.29, 1.82) is 0 Å². The lowest BCUT2D eigenvalue weighted by Crippen LogP contribution is -2.57. The highest BCUT2D eigenvalue weighted by Gasteiger charge is 2.37. The minimum absolute atomic E-state index is 0.0209. The molecule has 1 aromatic heterocycles. The van der Waals surface area contributed by atoms with E-state index in [4.69, 9.17) is 0 Å². The van der Waals surface area contributed by atoms with Crippen molar-refractivity contribution in [3.05, 3.63) is 111 Å². The number of carbonyl (C=O) groups is 5. The summed E-state index contributed by atoms with van der Waals surface area (Å²) in [5.74, 6) is 0.443. The van der Waals surface area contributed by atoms with Gasteiger partial charge < -0.3 is 30.2 Å². The van der Waals surface area contributed by atoms with Crippen LogP contribution in [0.15, 0.2) is 71.5 Å². The van der Waals surface area contributed by atoms with Crippen LogP contribution < -0.4 is 16.2 Å². The van der Waals surface area contributed by atoms with Crippen LogP contribution in [0.25, 0.3) is 10.8 Å². The van der Waals surface area contributed by atoms with Gasteiger partial charge in [-0.3, -0.25) is 38.6 Å². The van der Waals surface area contributed by atoms with E-state index in [1.165, 1.54) is 38.2 Å². The normalized spacial score (nSPS) is 21.2. The number of hydrogen-bond donors (Lipinski definition) is 3. The number of aromatic amines is 1. The quantitative estimate of drug-likeness (QED) is 0.120. The minimum Gasteiger partial charge on any atom is -0.341 e. The number of H-pyrrole nitrogens is 1. The molecular weight excluding hydrogens is 988 g/mol. The number of piperazine rings is 2. The van der Waals surface area contributed by atoms with E-state index >= 15 is 4.39 Å². The molecule has 6 aliphatic rings. The standard InChI is InChI=1S/C61H81FN10O6/c62-53-21-20-45(36-54-50-18-7-8-19-51(50)59(76)66-65-54)35-52(53)60(77)70-33-31-69(32-34-70)56(74)42-67-25-22-44(23-26-67)40-68-27-29-71(30-28-68)61(78)57(46-13-5-2-6-14-46)64-58(75)48-16-9-15-47(37-48)49-17-10-24-72(41-49)55(73)39-63-38-43-11-3-1-4-12-43/h7-9,15-16,18-21,35,37,43-44,46,49,57,63H,1-6,10-14,17,22-34,36,38-42H2,(H,64,75)(H,66,76)/t49?,57-/m1/s1. The summed E-state index contributed by atoms with van der Waals surface area (Å²) in [6.07, 6.45) is 15.7. The summed E-state index contributed by atoms with van der Waals surface area (Å²) in [6.45, 7) is 9.87.